The van der Waals surface area contributed by atoms with Crippen molar-refractivity contribution in [1.82, 2.24) is 9.80 Å². The van der Waals surface area contributed by atoms with Gasteiger partial charge >= 0.3 is 0 Å². The fraction of sp³-hybridized carbons (Fsp3) is 0.500. The maximum absolute atomic E-state index is 13.4. The first-order chi connectivity index (χ1) is 16.1. The summed E-state index contributed by atoms with van der Waals surface area (Å²) in [6.45, 7) is 5.93. The zero-order valence-corrected chi connectivity index (χ0v) is 18.9. The smallest absolute Gasteiger partial charge is 0.254 e. The largest absolute Gasteiger partial charge is 0.488 e. The van der Waals surface area contributed by atoms with Gasteiger partial charge in [0.1, 0.15) is 17.7 Å². The fourth-order valence-electron chi connectivity index (χ4n) is 5.09. The van der Waals surface area contributed by atoms with Gasteiger partial charge in [0.25, 0.3) is 5.91 Å². The number of nitrogens with zero attached hydrogens (tertiary/aromatic N) is 2. The number of amides is 1. The number of likely N-dealkylation sites (tertiary alicyclic amines) is 1. The molecule has 3 aliphatic heterocycles. The molecule has 2 aromatic carbocycles. The standard InChI is InChI=1S/C26H31FN2O4/c27-21-5-7-22(8-6-21)33-23-17-26(32-19-23)9-11-29(12-10-26)25(30)24-4-2-1-3-20(24)18-28-13-15-31-16-14-28/h1-8,23H,9-19H2/t23-/m0/s1. The van der Waals surface area contributed by atoms with Crippen LogP contribution in [-0.4, -0.2) is 73.4 Å². The summed E-state index contributed by atoms with van der Waals surface area (Å²) in [4.78, 5) is 17.7. The van der Waals surface area contributed by atoms with E-state index in [2.05, 4.69) is 11.0 Å². The second-order valence-electron chi connectivity index (χ2n) is 9.23. The first-order valence-electron chi connectivity index (χ1n) is 11.8. The van der Waals surface area contributed by atoms with E-state index < -0.39 is 0 Å². The molecule has 0 aromatic heterocycles. The average Bonchev–Trinajstić information content (AvgIpc) is 3.23. The van der Waals surface area contributed by atoms with Crippen LogP contribution in [0.1, 0.15) is 35.2 Å². The van der Waals surface area contributed by atoms with Gasteiger partial charge in [-0.25, -0.2) is 4.39 Å². The number of ether oxygens (including phenoxy) is 3. The monoisotopic (exact) mass is 454 g/mol. The Morgan fingerprint density at radius 3 is 2.52 bits per heavy atom. The SMILES string of the molecule is O=C(c1ccccc1CN1CCOCC1)N1CCC2(CC1)C[C@H](Oc1ccc(F)cc1)CO2. The van der Waals surface area contributed by atoms with Gasteiger partial charge in [0.15, 0.2) is 0 Å². The van der Waals surface area contributed by atoms with Crippen molar-refractivity contribution in [2.45, 2.75) is 37.5 Å². The number of hydrogen-bond donors (Lipinski definition) is 0. The van der Waals surface area contributed by atoms with E-state index in [0.29, 0.717) is 25.4 Å². The van der Waals surface area contributed by atoms with E-state index in [4.69, 9.17) is 14.2 Å². The number of carbonyl (C=O) groups is 1. The lowest BCUT2D eigenvalue weighted by atomic mass is 9.87. The topological polar surface area (TPSA) is 51.2 Å². The maximum Gasteiger partial charge on any atom is 0.254 e. The minimum absolute atomic E-state index is 0.0491. The Morgan fingerprint density at radius 2 is 1.76 bits per heavy atom. The minimum Gasteiger partial charge on any atom is -0.488 e. The van der Waals surface area contributed by atoms with Gasteiger partial charge in [-0.3, -0.25) is 9.69 Å². The predicted octanol–water partition coefficient (Wildman–Crippen LogP) is 3.50. The van der Waals surface area contributed by atoms with Gasteiger partial charge in [-0.1, -0.05) is 18.2 Å². The van der Waals surface area contributed by atoms with Crippen LogP contribution < -0.4 is 4.74 Å². The van der Waals surface area contributed by atoms with Gasteiger partial charge in [-0.15, -0.1) is 0 Å². The van der Waals surface area contributed by atoms with Crippen molar-refractivity contribution in [3.05, 3.63) is 65.5 Å². The van der Waals surface area contributed by atoms with Crippen molar-refractivity contribution in [3.63, 3.8) is 0 Å². The zero-order chi connectivity index (χ0) is 22.7. The summed E-state index contributed by atoms with van der Waals surface area (Å²) >= 11 is 0. The van der Waals surface area contributed by atoms with Gasteiger partial charge in [0.05, 0.1) is 25.4 Å². The number of piperidine rings is 1. The number of halogens is 1. The second-order valence-corrected chi connectivity index (χ2v) is 9.23. The molecular formula is C26H31FN2O4. The Bertz CT molecular complexity index is 953. The highest BCUT2D eigenvalue weighted by Crippen LogP contribution is 2.37. The molecule has 1 amide bonds. The summed E-state index contributed by atoms with van der Waals surface area (Å²) in [5.74, 6) is 0.488. The molecule has 0 radical (unpaired) electrons. The number of morpholine rings is 1. The molecule has 3 fully saturated rings. The number of hydrogen-bond acceptors (Lipinski definition) is 5. The molecule has 0 N–H and O–H groups in total. The van der Waals surface area contributed by atoms with Gasteiger partial charge in [0.2, 0.25) is 0 Å². The Labute approximate surface area is 194 Å². The normalized spacial score (nSPS) is 23.1. The number of carbonyl (C=O) groups excluding carboxylic acids is 1. The minimum atomic E-state index is -0.273. The van der Waals surface area contributed by atoms with E-state index in [0.717, 1.165) is 63.2 Å². The fourth-order valence-corrected chi connectivity index (χ4v) is 5.09. The van der Waals surface area contributed by atoms with Crippen molar-refractivity contribution >= 4 is 5.91 Å². The van der Waals surface area contributed by atoms with Crippen LogP contribution >= 0.6 is 0 Å². The first-order valence-corrected chi connectivity index (χ1v) is 11.8. The lowest BCUT2D eigenvalue weighted by Crippen LogP contribution is -2.47. The van der Waals surface area contributed by atoms with Crippen molar-refractivity contribution in [1.29, 1.82) is 0 Å². The summed E-state index contributed by atoms with van der Waals surface area (Å²) in [5.41, 5.74) is 1.63. The highest BCUT2D eigenvalue weighted by atomic mass is 19.1. The second kappa shape index (κ2) is 9.79. The van der Waals surface area contributed by atoms with Gasteiger partial charge in [-0.2, -0.15) is 0 Å². The molecule has 7 heteroatoms. The third-order valence-electron chi connectivity index (χ3n) is 7.00. The van der Waals surface area contributed by atoms with Gasteiger partial charge in [-0.05, 0) is 48.7 Å². The van der Waals surface area contributed by atoms with Crippen molar-refractivity contribution in [2.24, 2.45) is 0 Å². The summed E-state index contributed by atoms with van der Waals surface area (Å²) in [5, 5.41) is 0. The van der Waals surface area contributed by atoms with Crippen LogP contribution in [0.25, 0.3) is 0 Å². The summed E-state index contributed by atoms with van der Waals surface area (Å²) < 4.78 is 30.8. The van der Waals surface area contributed by atoms with E-state index in [-0.39, 0.29) is 23.4 Å². The van der Waals surface area contributed by atoms with E-state index in [9.17, 15) is 9.18 Å². The Hall–Kier alpha value is -2.48. The van der Waals surface area contributed by atoms with E-state index in [1.54, 1.807) is 12.1 Å². The highest BCUT2D eigenvalue weighted by Gasteiger charge is 2.44. The van der Waals surface area contributed by atoms with Crippen LogP contribution in [0.2, 0.25) is 0 Å². The van der Waals surface area contributed by atoms with Crippen LogP contribution in [0.4, 0.5) is 4.39 Å². The van der Waals surface area contributed by atoms with E-state index in [1.165, 1.54) is 12.1 Å². The van der Waals surface area contributed by atoms with Gasteiger partial charge < -0.3 is 19.1 Å². The van der Waals surface area contributed by atoms with Crippen LogP contribution in [0.3, 0.4) is 0 Å². The molecule has 1 atom stereocenters. The molecule has 0 bridgehead atoms. The molecule has 6 nitrogen and oxygen atoms in total. The molecule has 33 heavy (non-hydrogen) atoms. The molecule has 5 rings (SSSR count). The van der Waals surface area contributed by atoms with E-state index in [1.807, 2.05) is 23.1 Å². The summed E-state index contributed by atoms with van der Waals surface area (Å²) in [6.07, 6.45) is 2.34. The average molecular weight is 455 g/mol. The van der Waals surface area contributed by atoms with E-state index >= 15 is 0 Å². The molecule has 0 aliphatic carbocycles. The lowest BCUT2D eigenvalue weighted by molar-refractivity contribution is -0.0396. The highest BCUT2D eigenvalue weighted by molar-refractivity contribution is 5.95. The molecule has 3 heterocycles. The Kier molecular flexibility index (Phi) is 6.62. The third kappa shape index (κ3) is 5.21. The maximum atomic E-state index is 13.4. The van der Waals surface area contributed by atoms with Crippen molar-refractivity contribution in [2.75, 3.05) is 46.0 Å². The summed E-state index contributed by atoms with van der Waals surface area (Å²) in [6, 6.07) is 14.1. The molecule has 3 aliphatic rings. The zero-order valence-electron chi connectivity index (χ0n) is 18.9. The molecule has 2 aromatic rings. The van der Waals surface area contributed by atoms with Crippen LogP contribution in [0.5, 0.6) is 5.75 Å². The quantitative estimate of drug-likeness (QED) is 0.692. The Balaban J connectivity index is 1.17. The third-order valence-corrected chi connectivity index (χ3v) is 7.00. The molecule has 1 spiro atoms. The van der Waals surface area contributed by atoms with Crippen LogP contribution in [0, 0.1) is 5.82 Å². The van der Waals surface area contributed by atoms with Crippen molar-refractivity contribution in [3.8, 4) is 5.75 Å². The molecule has 3 saturated heterocycles. The number of benzene rings is 2. The Morgan fingerprint density at radius 1 is 1.03 bits per heavy atom. The van der Waals surface area contributed by atoms with Crippen LogP contribution in [0.15, 0.2) is 48.5 Å². The van der Waals surface area contributed by atoms with Gasteiger partial charge in [0, 0.05) is 44.7 Å². The summed E-state index contributed by atoms with van der Waals surface area (Å²) in [7, 11) is 0. The van der Waals surface area contributed by atoms with Crippen LogP contribution in [-0.2, 0) is 16.0 Å². The molecular weight excluding hydrogens is 423 g/mol. The number of rotatable bonds is 5. The molecule has 0 unspecified atom stereocenters. The first kappa shape index (κ1) is 22.3. The molecule has 176 valence electrons. The predicted molar refractivity (Wildman–Crippen MR) is 122 cm³/mol. The van der Waals surface area contributed by atoms with Crippen molar-refractivity contribution < 1.29 is 23.4 Å². The molecule has 0 saturated carbocycles. The lowest BCUT2D eigenvalue weighted by Gasteiger charge is -2.39.